The van der Waals surface area contributed by atoms with Crippen LogP contribution >= 0.6 is 0 Å². The molecule has 7 heteroatoms. The van der Waals surface area contributed by atoms with Crippen molar-refractivity contribution < 1.29 is 18.3 Å². The molecule has 1 atom stereocenters. The molecule has 0 saturated carbocycles. The summed E-state index contributed by atoms with van der Waals surface area (Å²) in [4.78, 5) is 12.3. The van der Waals surface area contributed by atoms with E-state index in [0.29, 0.717) is 19.3 Å². The number of amides is 1. The van der Waals surface area contributed by atoms with Crippen LogP contribution in [0.4, 0.5) is 0 Å². The summed E-state index contributed by atoms with van der Waals surface area (Å²) in [6.07, 6.45) is 2.61. The molecule has 0 aromatic carbocycles. The zero-order valence-corrected chi connectivity index (χ0v) is 13.9. The van der Waals surface area contributed by atoms with Gasteiger partial charge in [0.25, 0.3) is 0 Å². The number of carbonyl (C=O) groups excluding carboxylic acids is 1. The molecule has 6 nitrogen and oxygen atoms in total. The van der Waals surface area contributed by atoms with Crippen LogP contribution in [0.25, 0.3) is 0 Å². The van der Waals surface area contributed by atoms with Gasteiger partial charge in [0, 0.05) is 0 Å². The summed E-state index contributed by atoms with van der Waals surface area (Å²) < 4.78 is 25.1. The maximum Gasteiger partial charge on any atom is 0.238 e. The van der Waals surface area contributed by atoms with Gasteiger partial charge >= 0.3 is 0 Å². The Balaban J connectivity index is 5.03. The van der Waals surface area contributed by atoms with Crippen LogP contribution < -0.4 is 10.0 Å². The van der Waals surface area contributed by atoms with Gasteiger partial charge in [-0.05, 0) is 25.2 Å². The third-order valence-corrected chi connectivity index (χ3v) is 4.14. The molecule has 0 aromatic heterocycles. The molecule has 0 aliphatic rings. The molecule has 0 radical (unpaired) electrons. The second-order valence-corrected chi connectivity index (χ2v) is 7.49. The van der Waals surface area contributed by atoms with E-state index < -0.39 is 21.6 Å². The zero-order valence-electron chi connectivity index (χ0n) is 13.1. The summed E-state index contributed by atoms with van der Waals surface area (Å²) in [5.74, 6) is -0.214. The fraction of sp³-hybridized carbons (Fsp3) is 0.923. The molecule has 0 aromatic rings. The quantitative estimate of drug-likeness (QED) is 0.582. The standard InChI is InChI=1S/C13H28N2O4S/c1-6-13(7-2,9-16)14-12(17)11(8-10(3)4)15-20(5,18)19/h10-11,15-16H,6-9H2,1-5H3,(H,14,17). The normalized spacial score (nSPS) is 14.3. The lowest BCUT2D eigenvalue weighted by Crippen LogP contribution is -2.57. The lowest BCUT2D eigenvalue weighted by Gasteiger charge is -2.33. The van der Waals surface area contributed by atoms with Crippen molar-refractivity contribution in [3.05, 3.63) is 0 Å². The topological polar surface area (TPSA) is 95.5 Å². The molecule has 0 fully saturated rings. The van der Waals surface area contributed by atoms with Crippen molar-refractivity contribution in [3.8, 4) is 0 Å². The molecule has 20 heavy (non-hydrogen) atoms. The molecule has 120 valence electrons. The van der Waals surface area contributed by atoms with E-state index in [4.69, 9.17) is 0 Å². The van der Waals surface area contributed by atoms with Gasteiger partial charge in [-0.3, -0.25) is 4.79 Å². The van der Waals surface area contributed by atoms with Crippen LogP contribution in [0.3, 0.4) is 0 Å². The molecule has 0 heterocycles. The maximum absolute atomic E-state index is 12.3. The predicted octanol–water partition coefficient (Wildman–Crippen LogP) is 0.618. The van der Waals surface area contributed by atoms with E-state index in [-0.39, 0.29) is 18.4 Å². The molecular formula is C13H28N2O4S. The number of hydrogen-bond acceptors (Lipinski definition) is 4. The third-order valence-electron chi connectivity index (χ3n) is 3.42. The fourth-order valence-electron chi connectivity index (χ4n) is 1.98. The molecule has 1 amide bonds. The second-order valence-electron chi connectivity index (χ2n) is 5.71. The first-order valence-electron chi connectivity index (χ1n) is 6.99. The van der Waals surface area contributed by atoms with Crippen LogP contribution in [0.15, 0.2) is 0 Å². The predicted molar refractivity (Wildman–Crippen MR) is 79.8 cm³/mol. The second kappa shape index (κ2) is 7.95. The lowest BCUT2D eigenvalue weighted by atomic mass is 9.93. The zero-order chi connectivity index (χ0) is 16.0. The van der Waals surface area contributed by atoms with Crippen molar-refractivity contribution >= 4 is 15.9 Å². The number of aliphatic hydroxyl groups excluding tert-OH is 1. The lowest BCUT2D eigenvalue weighted by molar-refractivity contribution is -0.125. The Morgan fingerprint density at radius 2 is 1.75 bits per heavy atom. The van der Waals surface area contributed by atoms with Gasteiger partial charge in [0.05, 0.1) is 18.4 Å². The van der Waals surface area contributed by atoms with Crippen LogP contribution in [0.1, 0.15) is 47.0 Å². The summed E-state index contributed by atoms with van der Waals surface area (Å²) in [5, 5.41) is 12.3. The van der Waals surface area contributed by atoms with Crippen LogP contribution in [-0.2, 0) is 14.8 Å². The maximum atomic E-state index is 12.3. The summed E-state index contributed by atoms with van der Waals surface area (Å²) in [7, 11) is -3.46. The van der Waals surface area contributed by atoms with E-state index >= 15 is 0 Å². The van der Waals surface area contributed by atoms with E-state index in [1.54, 1.807) is 0 Å². The molecule has 3 N–H and O–H groups in total. The van der Waals surface area contributed by atoms with Gasteiger partial charge in [-0.1, -0.05) is 27.7 Å². The largest absolute Gasteiger partial charge is 0.394 e. The van der Waals surface area contributed by atoms with Crippen molar-refractivity contribution in [2.75, 3.05) is 12.9 Å². The molecule has 0 aliphatic carbocycles. The Hall–Kier alpha value is -0.660. The van der Waals surface area contributed by atoms with Crippen molar-refractivity contribution in [2.45, 2.75) is 58.5 Å². The average molecular weight is 308 g/mol. The van der Waals surface area contributed by atoms with Gasteiger partial charge in [-0.15, -0.1) is 0 Å². The minimum Gasteiger partial charge on any atom is -0.394 e. The van der Waals surface area contributed by atoms with Gasteiger partial charge in [0.1, 0.15) is 6.04 Å². The summed E-state index contributed by atoms with van der Waals surface area (Å²) in [5.41, 5.74) is -0.689. The summed E-state index contributed by atoms with van der Waals surface area (Å²) >= 11 is 0. The number of carbonyl (C=O) groups is 1. The molecule has 1 unspecified atom stereocenters. The van der Waals surface area contributed by atoms with Gasteiger partial charge < -0.3 is 10.4 Å². The van der Waals surface area contributed by atoms with Crippen molar-refractivity contribution in [1.29, 1.82) is 0 Å². The average Bonchev–Trinajstić information content (AvgIpc) is 2.33. The number of sulfonamides is 1. The SMILES string of the molecule is CCC(CC)(CO)NC(=O)C(CC(C)C)NS(C)(=O)=O. The van der Waals surface area contributed by atoms with E-state index in [2.05, 4.69) is 10.0 Å². The highest BCUT2D eigenvalue weighted by atomic mass is 32.2. The number of hydrogen-bond donors (Lipinski definition) is 3. The third kappa shape index (κ3) is 6.67. The van der Waals surface area contributed by atoms with E-state index in [9.17, 15) is 18.3 Å². The first kappa shape index (κ1) is 19.3. The van der Waals surface area contributed by atoms with Crippen LogP contribution in [-0.4, -0.2) is 43.9 Å². The molecule has 0 aliphatic heterocycles. The minimum atomic E-state index is -3.46. The molecule has 0 saturated heterocycles. The van der Waals surface area contributed by atoms with Gasteiger partial charge in [0.2, 0.25) is 15.9 Å². The van der Waals surface area contributed by atoms with Gasteiger partial charge in [-0.2, -0.15) is 0 Å². The van der Waals surface area contributed by atoms with Crippen molar-refractivity contribution in [2.24, 2.45) is 5.92 Å². The smallest absolute Gasteiger partial charge is 0.238 e. The Kier molecular flexibility index (Phi) is 7.69. The summed E-state index contributed by atoms with van der Waals surface area (Å²) in [6, 6.07) is -0.811. The van der Waals surface area contributed by atoms with Crippen LogP contribution in [0.2, 0.25) is 0 Å². The van der Waals surface area contributed by atoms with Crippen molar-refractivity contribution in [3.63, 3.8) is 0 Å². The Labute approximate surface area is 122 Å². The van der Waals surface area contributed by atoms with E-state index in [1.807, 2.05) is 27.7 Å². The number of rotatable bonds is 9. The van der Waals surface area contributed by atoms with Crippen LogP contribution in [0, 0.1) is 5.92 Å². The van der Waals surface area contributed by atoms with Crippen LogP contribution in [0.5, 0.6) is 0 Å². The minimum absolute atomic E-state index is 0.168. The van der Waals surface area contributed by atoms with Crippen molar-refractivity contribution in [1.82, 2.24) is 10.0 Å². The molecule has 0 spiro atoms. The fourth-order valence-corrected chi connectivity index (χ4v) is 2.70. The van der Waals surface area contributed by atoms with Gasteiger partial charge in [0.15, 0.2) is 0 Å². The highest BCUT2D eigenvalue weighted by molar-refractivity contribution is 7.88. The molecule has 0 bridgehead atoms. The number of aliphatic hydroxyl groups is 1. The monoisotopic (exact) mass is 308 g/mol. The number of nitrogens with one attached hydrogen (secondary N) is 2. The molecular weight excluding hydrogens is 280 g/mol. The Morgan fingerprint density at radius 3 is 2.05 bits per heavy atom. The van der Waals surface area contributed by atoms with E-state index in [0.717, 1.165) is 6.26 Å². The molecule has 0 rings (SSSR count). The Bertz CT molecular complexity index is 394. The van der Waals surface area contributed by atoms with Gasteiger partial charge in [-0.25, -0.2) is 13.1 Å². The highest BCUT2D eigenvalue weighted by Gasteiger charge is 2.31. The van der Waals surface area contributed by atoms with E-state index in [1.165, 1.54) is 0 Å². The highest BCUT2D eigenvalue weighted by Crippen LogP contribution is 2.15. The first-order valence-corrected chi connectivity index (χ1v) is 8.88. The Morgan fingerprint density at radius 1 is 1.25 bits per heavy atom. The first-order chi connectivity index (χ1) is 9.09. The summed E-state index contributed by atoms with van der Waals surface area (Å²) in [6.45, 7) is 7.42.